The maximum Gasteiger partial charge on any atom is 0.266 e. The Kier molecular flexibility index (Phi) is 7.23. The van der Waals surface area contributed by atoms with Gasteiger partial charge in [0.25, 0.3) is 12.3 Å². The Balaban J connectivity index is 1.52. The van der Waals surface area contributed by atoms with Crippen molar-refractivity contribution >= 4 is 58.0 Å². The number of alkyl halides is 4. The number of halogens is 7. The molecular formula is C25H17Cl3F4N2O2. The standard InChI is InChI=1S/C25H17Cl3F4N2O2/c1-34(15-6-3-13(29)4-7-15)24(36)17-11-14(5-9-18(17)26)33-23(35)21-20(25(21,27)28)12-2-8-16(22(31)32)19(30)10-12/h2-11,20-22H,1H3,(H,33,35)/t20-,21+/m0/s1. The van der Waals surface area contributed by atoms with Crippen LogP contribution < -0.4 is 10.2 Å². The zero-order valence-corrected chi connectivity index (χ0v) is 20.7. The second-order valence-corrected chi connectivity index (χ2v) is 10.1. The highest BCUT2D eigenvalue weighted by molar-refractivity contribution is 6.53. The minimum Gasteiger partial charge on any atom is -0.326 e. The van der Waals surface area contributed by atoms with Gasteiger partial charge >= 0.3 is 0 Å². The molecule has 0 aromatic heterocycles. The number of amides is 2. The Hall–Kier alpha value is -2.81. The van der Waals surface area contributed by atoms with Crippen molar-refractivity contribution in [2.45, 2.75) is 16.7 Å². The molecule has 0 bridgehead atoms. The second kappa shape index (κ2) is 9.92. The average molecular weight is 560 g/mol. The van der Waals surface area contributed by atoms with Gasteiger partial charge in [0, 0.05) is 24.3 Å². The number of nitrogens with one attached hydrogen (secondary N) is 1. The van der Waals surface area contributed by atoms with Crippen molar-refractivity contribution in [3.8, 4) is 0 Å². The number of hydrogen-bond acceptors (Lipinski definition) is 2. The third-order valence-electron chi connectivity index (χ3n) is 5.94. The van der Waals surface area contributed by atoms with E-state index < -0.39 is 51.6 Å². The predicted octanol–water partition coefficient (Wildman–Crippen LogP) is 7.36. The van der Waals surface area contributed by atoms with E-state index in [0.29, 0.717) is 5.69 Å². The number of carbonyl (C=O) groups excluding carboxylic acids is 2. The third kappa shape index (κ3) is 5.03. The zero-order valence-electron chi connectivity index (χ0n) is 18.4. The van der Waals surface area contributed by atoms with E-state index in [1.807, 2.05) is 0 Å². The molecule has 0 aliphatic heterocycles. The molecule has 188 valence electrons. The van der Waals surface area contributed by atoms with Gasteiger partial charge in [-0.05, 0) is 54.1 Å². The normalized spacial score (nSPS) is 18.1. The molecule has 0 spiro atoms. The number of benzene rings is 3. The SMILES string of the molecule is CN(C(=O)c1cc(NC(=O)[C@H]2[C@H](c3ccc(C(F)F)c(F)c3)C2(Cl)Cl)ccc1Cl)c1ccc(F)cc1. The topological polar surface area (TPSA) is 49.4 Å². The van der Waals surface area contributed by atoms with Crippen molar-refractivity contribution in [2.24, 2.45) is 5.92 Å². The molecule has 4 rings (SSSR count). The van der Waals surface area contributed by atoms with Gasteiger partial charge in [-0.25, -0.2) is 17.6 Å². The highest BCUT2D eigenvalue weighted by atomic mass is 35.5. The number of anilines is 2. The van der Waals surface area contributed by atoms with Gasteiger partial charge in [0.2, 0.25) is 5.91 Å². The molecular weight excluding hydrogens is 543 g/mol. The molecule has 11 heteroatoms. The average Bonchev–Trinajstić information content (AvgIpc) is 3.41. The monoisotopic (exact) mass is 558 g/mol. The van der Waals surface area contributed by atoms with Crippen molar-refractivity contribution < 1.29 is 27.2 Å². The van der Waals surface area contributed by atoms with Crippen LogP contribution in [-0.2, 0) is 4.79 Å². The fraction of sp³-hybridized carbons (Fsp3) is 0.200. The van der Waals surface area contributed by atoms with Crippen molar-refractivity contribution in [1.82, 2.24) is 0 Å². The van der Waals surface area contributed by atoms with E-state index in [-0.39, 0.29) is 21.8 Å². The maximum atomic E-state index is 14.0. The molecule has 3 aromatic carbocycles. The number of rotatable bonds is 6. The van der Waals surface area contributed by atoms with Gasteiger partial charge in [0.1, 0.15) is 16.0 Å². The Morgan fingerprint density at radius 2 is 1.67 bits per heavy atom. The Labute approximate surface area is 218 Å². The molecule has 3 aromatic rings. The predicted molar refractivity (Wildman–Crippen MR) is 131 cm³/mol. The van der Waals surface area contributed by atoms with E-state index in [0.717, 1.165) is 12.1 Å². The molecule has 1 N–H and O–H groups in total. The van der Waals surface area contributed by atoms with Crippen LogP contribution in [0.3, 0.4) is 0 Å². The lowest BCUT2D eigenvalue weighted by Crippen LogP contribution is -2.26. The van der Waals surface area contributed by atoms with Crippen LogP contribution in [0.1, 0.15) is 33.8 Å². The summed E-state index contributed by atoms with van der Waals surface area (Å²) in [6, 6.07) is 12.6. The van der Waals surface area contributed by atoms with E-state index in [4.69, 9.17) is 34.8 Å². The number of nitrogens with zero attached hydrogens (tertiary/aromatic N) is 1. The number of hydrogen-bond donors (Lipinski definition) is 1. The summed E-state index contributed by atoms with van der Waals surface area (Å²) in [6.45, 7) is 0. The van der Waals surface area contributed by atoms with Gasteiger partial charge in [-0.15, -0.1) is 23.2 Å². The minimum atomic E-state index is -2.99. The van der Waals surface area contributed by atoms with E-state index in [2.05, 4.69) is 5.32 Å². The van der Waals surface area contributed by atoms with Crippen LogP contribution in [0.4, 0.5) is 28.9 Å². The van der Waals surface area contributed by atoms with Crippen molar-refractivity contribution in [2.75, 3.05) is 17.3 Å². The quantitative estimate of drug-likeness (QED) is 0.253. The molecule has 0 unspecified atom stereocenters. The molecule has 0 radical (unpaired) electrons. The summed E-state index contributed by atoms with van der Waals surface area (Å²) in [5.74, 6) is -4.54. The maximum absolute atomic E-state index is 14.0. The summed E-state index contributed by atoms with van der Waals surface area (Å²) in [6.07, 6.45) is -2.99. The molecule has 2 atom stereocenters. The lowest BCUT2D eigenvalue weighted by atomic mass is 10.1. The fourth-order valence-corrected chi connectivity index (χ4v) is 4.96. The van der Waals surface area contributed by atoms with Gasteiger partial charge in [-0.1, -0.05) is 23.7 Å². The van der Waals surface area contributed by atoms with Gasteiger partial charge in [0.15, 0.2) is 0 Å². The molecule has 4 nitrogen and oxygen atoms in total. The molecule has 1 saturated carbocycles. The molecule has 1 aliphatic rings. The van der Waals surface area contributed by atoms with Crippen LogP contribution in [0.5, 0.6) is 0 Å². The molecule has 1 aliphatic carbocycles. The molecule has 36 heavy (non-hydrogen) atoms. The van der Waals surface area contributed by atoms with E-state index >= 15 is 0 Å². The molecule has 2 amide bonds. The zero-order chi connectivity index (χ0) is 26.4. The van der Waals surface area contributed by atoms with E-state index in [9.17, 15) is 27.2 Å². The lowest BCUT2D eigenvalue weighted by Gasteiger charge is -2.18. The Morgan fingerprint density at radius 3 is 2.28 bits per heavy atom. The van der Waals surface area contributed by atoms with Crippen molar-refractivity contribution in [1.29, 1.82) is 0 Å². The summed E-state index contributed by atoms with van der Waals surface area (Å²) >= 11 is 18.8. The Morgan fingerprint density at radius 1 is 1.00 bits per heavy atom. The summed E-state index contributed by atoms with van der Waals surface area (Å²) in [7, 11) is 1.49. The first-order valence-corrected chi connectivity index (χ1v) is 11.6. The van der Waals surface area contributed by atoms with Crippen LogP contribution in [0.25, 0.3) is 0 Å². The van der Waals surface area contributed by atoms with E-state index in [1.165, 1.54) is 60.5 Å². The molecule has 0 heterocycles. The summed E-state index contributed by atoms with van der Waals surface area (Å²) in [5, 5.41) is 2.73. The largest absolute Gasteiger partial charge is 0.326 e. The Bertz CT molecular complexity index is 1340. The fourth-order valence-electron chi connectivity index (χ4n) is 3.93. The minimum absolute atomic E-state index is 0.0707. The third-order valence-corrected chi connectivity index (χ3v) is 7.21. The highest BCUT2D eigenvalue weighted by Gasteiger charge is 2.67. The summed E-state index contributed by atoms with van der Waals surface area (Å²) in [4.78, 5) is 27.2. The van der Waals surface area contributed by atoms with Crippen LogP contribution in [0.2, 0.25) is 5.02 Å². The van der Waals surface area contributed by atoms with Crippen LogP contribution in [0, 0.1) is 17.6 Å². The smallest absolute Gasteiger partial charge is 0.266 e. The van der Waals surface area contributed by atoms with Crippen LogP contribution in [0.15, 0.2) is 60.7 Å². The highest BCUT2D eigenvalue weighted by Crippen LogP contribution is 2.65. The number of carbonyl (C=O) groups is 2. The summed E-state index contributed by atoms with van der Waals surface area (Å²) < 4.78 is 51.4. The van der Waals surface area contributed by atoms with Crippen molar-refractivity contribution in [3.63, 3.8) is 0 Å². The summed E-state index contributed by atoms with van der Waals surface area (Å²) in [5.41, 5.74) is 0.150. The first-order chi connectivity index (χ1) is 16.9. The van der Waals surface area contributed by atoms with E-state index in [1.54, 1.807) is 0 Å². The van der Waals surface area contributed by atoms with Gasteiger partial charge in [-0.2, -0.15) is 0 Å². The first-order valence-electron chi connectivity index (χ1n) is 10.5. The van der Waals surface area contributed by atoms with Gasteiger partial charge in [-0.3, -0.25) is 9.59 Å². The molecule has 0 saturated heterocycles. The molecule has 1 fully saturated rings. The van der Waals surface area contributed by atoms with Crippen LogP contribution >= 0.6 is 34.8 Å². The first kappa shape index (κ1) is 26.3. The van der Waals surface area contributed by atoms with Crippen molar-refractivity contribution in [3.05, 3.63) is 94.0 Å². The van der Waals surface area contributed by atoms with Gasteiger partial charge in [0.05, 0.1) is 22.1 Å². The second-order valence-electron chi connectivity index (χ2n) is 8.24. The van der Waals surface area contributed by atoms with Crippen LogP contribution in [-0.4, -0.2) is 23.2 Å². The van der Waals surface area contributed by atoms with Gasteiger partial charge < -0.3 is 10.2 Å². The lowest BCUT2D eigenvalue weighted by molar-refractivity contribution is -0.117.